The number of methoxy groups -OCH3 is 1. The van der Waals surface area contributed by atoms with Crippen LogP contribution in [0.25, 0.3) is 5.57 Å². The third kappa shape index (κ3) is 4.22. The van der Waals surface area contributed by atoms with E-state index in [1.165, 1.54) is 12.1 Å². The van der Waals surface area contributed by atoms with E-state index in [0.29, 0.717) is 40.9 Å². The zero-order valence-electron chi connectivity index (χ0n) is 18.0. The Morgan fingerprint density at radius 1 is 1.22 bits per heavy atom. The van der Waals surface area contributed by atoms with Crippen molar-refractivity contribution in [3.8, 4) is 11.8 Å². The Morgan fingerprint density at radius 3 is 2.75 bits per heavy atom. The monoisotopic (exact) mass is 449 g/mol. The van der Waals surface area contributed by atoms with E-state index < -0.39 is 0 Å². The van der Waals surface area contributed by atoms with E-state index in [9.17, 15) is 9.65 Å². The molecule has 0 bridgehead atoms. The first-order chi connectivity index (χ1) is 15.4. The van der Waals surface area contributed by atoms with Crippen LogP contribution in [0.2, 0.25) is 5.15 Å². The van der Waals surface area contributed by atoms with Crippen LogP contribution in [0, 0.1) is 24.1 Å². The van der Waals surface area contributed by atoms with Crippen LogP contribution in [0.3, 0.4) is 0 Å². The molecular weight excluding hydrogens is 429 g/mol. The fourth-order valence-corrected chi connectivity index (χ4v) is 4.25. The third-order valence-electron chi connectivity index (χ3n) is 5.39. The van der Waals surface area contributed by atoms with E-state index in [4.69, 9.17) is 21.1 Å². The number of nitrogens with zero attached hydrogens (tertiary/aromatic N) is 3. The quantitative estimate of drug-likeness (QED) is 0.385. The minimum absolute atomic E-state index is 0.255. The molecule has 5 nitrogen and oxygen atoms in total. The van der Waals surface area contributed by atoms with Crippen LogP contribution in [-0.2, 0) is 24.4 Å². The summed E-state index contributed by atoms with van der Waals surface area (Å²) in [6.45, 7) is 4.14. The van der Waals surface area contributed by atoms with Gasteiger partial charge in [0.15, 0.2) is 0 Å². The summed E-state index contributed by atoms with van der Waals surface area (Å²) in [4.78, 5) is 8.77. The number of allylic oxidation sites excluding steroid dienone is 1. The van der Waals surface area contributed by atoms with Gasteiger partial charge in [-0.15, -0.1) is 0 Å². The molecule has 0 aliphatic carbocycles. The van der Waals surface area contributed by atoms with E-state index in [2.05, 4.69) is 16.0 Å². The predicted octanol–water partition coefficient (Wildman–Crippen LogP) is 5.55. The Labute approximate surface area is 191 Å². The molecule has 3 aromatic rings. The summed E-state index contributed by atoms with van der Waals surface area (Å²) >= 11 is 6.44. The van der Waals surface area contributed by atoms with Gasteiger partial charge in [-0.1, -0.05) is 29.8 Å². The minimum atomic E-state index is -0.385. The maximum atomic E-state index is 13.8. The molecule has 7 heteroatoms. The molecule has 0 saturated heterocycles. The number of rotatable bonds is 4. The van der Waals surface area contributed by atoms with Crippen molar-refractivity contribution < 1.29 is 13.9 Å². The summed E-state index contributed by atoms with van der Waals surface area (Å²) in [5.74, 6) is 0.627. The summed E-state index contributed by atoms with van der Waals surface area (Å²) in [7, 11) is 1.61. The van der Waals surface area contributed by atoms with Crippen LogP contribution in [0.4, 0.5) is 4.39 Å². The molecule has 1 aliphatic heterocycles. The van der Waals surface area contributed by atoms with Crippen molar-refractivity contribution in [3.05, 3.63) is 92.3 Å². The van der Waals surface area contributed by atoms with Gasteiger partial charge in [-0.3, -0.25) is 0 Å². The molecule has 2 aromatic carbocycles. The average molecular weight is 450 g/mol. The van der Waals surface area contributed by atoms with E-state index in [1.54, 1.807) is 27.0 Å². The third-order valence-corrected chi connectivity index (χ3v) is 5.71. The SMILES string of the molecule is COCc1nc(C)nc(Cl)c1Cc1ccc2c(c1)COc1cc(F)ccc1/C2=C(/C)C#N. The van der Waals surface area contributed by atoms with Crippen molar-refractivity contribution in [2.75, 3.05) is 7.11 Å². The summed E-state index contributed by atoms with van der Waals surface area (Å²) in [5, 5.41) is 10.0. The fourth-order valence-electron chi connectivity index (χ4n) is 3.95. The largest absolute Gasteiger partial charge is 0.488 e. The van der Waals surface area contributed by atoms with Crippen molar-refractivity contribution in [1.82, 2.24) is 9.97 Å². The molecule has 0 saturated carbocycles. The normalized spacial score (nSPS) is 14.0. The number of nitriles is 1. The standard InChI is InChI=1S/C25H21ClFN3O2/c1-14(11-28)24-19-6-4-16(9-21-22(13-31-3)29-15(2)30-25(21)26)8-17(19)12-32-23-10-18(27)5-7-20(23)24/h4-8,10H,9,12-13H2,1-3H3/b24-14-. The lowest BCUT2D eigenvalue weighted by Gasteiger charge is -2.14. The zero-order chi connectivity index (χ0) is 22.8. The topological polar surface area (TPSA) is 68.0 Å². The Morgan fingerprint density at radius 2 is 2.00 bits per heavy atom. The van der Waals surface area contributed by atoms with Crippen LogP contribution < -0.4 is 4.74 Å². The number of aromatic nitrogens is 2. The molecule has 0 N–H and O–H groups in total. The second kappa shape index (κ2) is 9.07. The molecule has 0 fully saturated rings. The van der Waals surface area contributed by atoms with Gasteiger partial charge in [0.05, 0.1) is 18.4 Å². The van der Waals surface area contributed by atoms with Crippen LogP contribution in [-0.4, -0.2) is 17.1 Å². The van der Waals surface area contributed by atoms with Crippen LogP contribution in [0.1, 0.15) is 46.3 Å². The number of halogens is 2. The Bertz CT molecular complexity index is 1280. The minimum Gasteiger partial charge on any atom is -0.488 e. The van der Waals surface area contributed by atoms with Gasteiger partial charge in [0.1, 0.15) is 29.2 Å². The van der Waals surface area contributed by atoms with Gasteiger partial charge < -0.3 is 9.47 Å². The first kappa shape index (κ1) is 21.9. The fraction of sp³-hybridized carbons (Fsp3) is 0.240. The average Bonchev–Trinajstić information content (AvgIpc) is 2.92. The van der Waals surface area contributed by atoms with E-state index in [-0.39, 0.29) is 12.4 Å². The summed E-state index contributed by atoms with van der Waals surface area (Å²) < 4.78 is 25.1. The lowest BCUT2D eigenvalue weighted by atomic mass is 9.89. The molecule has 0 unspecified atom stereocenters. The Balaban J connectivity index is 1.79. The molecular formula is C25H21ClFN3O2. The van der Waals surface area contributed by atoms with E-state index >= 15 is 0 Å². The highest BCUT2D eigenvalue weighted by atomic mass is 35.5. The molecule has 0 amide bonds. The first-order valence-electron chi connectivity index (χ1n) is 10.1. The van der Waals surface area contributed by atoms with Crippen molar-refractivity contribution in [2.24, 2.45) is 0 Å². The predicted molar refractivity (Wildman–Crippen MR) is 120 cm³/mol. The first-order valence-corrected chi connectivity index (χ1v) is 10.5. The molecule has 2 heterocycles. The molecule has 4 rings (SSSR count). The molecule has 1 aromatic heterocycles. The van der Waals surface area contributed by atoms with Crippen molar-refractivity contribution in [3.63, 3.8) is 0 Å². The van der Waals surface area contributed by atoms with Gasteiger partial charge in [0, 0.05) is 41.9 Å². The van der Waals surface area contributed by atoms with Gasteiger partial charge in [0.2, 0.25) is 0 Å². The van der Waals surface area contributed by atoms with Crippen molar-refractivity contribution in [2.45, 2.75) is 33.5 Å². The molecule has 1 aliphatic rings. The maximum Gasteiger partial charge on any atom is 0.136 e. The van der Waals surface area contributed by atoms with E-state index in [1.807, 2.05) is 18.2 Å². The summed E-state index contributed by atoms with van der Waals surface area (Å²) in [6.07, 6.45) is 0.517. The van der Waals surface area contributed by atoms with Gasteiger partial charge in [-0.2, -0.15) is 5.26 Å². The highest BCUT2D eigenvalue weighted by Crippen LogP contribution is 2.39. The lowest BCUT2D eigenvalue weighted by molar-refractivity contribution is 0.180. The number of aryl methyl sites for hydroxylation is 1. The van der Waals surface area contributed by atoms with Crippen molar-refractivity contribution in [1.29, 1.82) is 5.26 Å². The summed E-state index contributed by atoms with van der Waals surface area (Å²) in [5.41, 5.74) is 6.33. The molecule has 0 radical (unpaired) electrons. The smallest absolute Gasteiger partial charge is 0.136 e. The Hall–Kier alpha value is -3.27. The Kier molecular flexibility index (Phi) is 6.22. The second-order valence-corrected chi connectivity index (χ2v) is 7.99. The number of ether oxygens (including phenoxy) is 2. The van der Waals surface area contributed by atoms with Gasteiger partial charge in [-0.05, 0) is 42.7 Å². The molecule has 162 valence electrons. The molecule has 32 heavy (non-hydrogen) atoms. The lowest BCUT2D eigenvalue weighted by Crippen LogP contribution is -2.06. The van der Waals surface area contributed by atoms with Gasteiger partial charge in [0.25, 0.3) is 0 Å². The van der Waals surface area contributed by atoms with E-state index in [0.717, 1.165) is 33.5 Å². The molecule has 0 atom stereocenters. The number of hydrogen-bond donors (Lipinski definition) is 0. The number of fused-ring (bicyclic) bond motifs is 2. The van der Waals surface area contributed by atoms with Gasteiger partial charge in [-0.25, -0.2) is 14.4 Å². The van der Waals surface area contributed by atoms with Crippen LogP contribution >= 0.6 is 11.6 Å². The zero-order valence-corrected chi connectivity index (χ0v) is 18.8. The number of benzene rings is 2. The van der Waals surface area contributed by atoms with Gasteiger partial charge >= 0.3 is 0 Å². The number of hydrogen-bond acceptors (Lipinski definition) is 5. The van der Waals surface area contributed by atoms with Crippen LogP contribution in [0.5, 0.6) is 5.75 Å². The van der Waals surface area contributed by atoms with Crippen molar-refractivity contribution >= 4 is 17.2 Å². The maximum absolute atomic E-state index is 13.8. The van der Waals surface area contributed by atoms with Crippen LogP contribution in [0.15, 0.2) is 42.0 Å². The summed E-state index contributed by atoms with van der Waals surface area (Å²) in [6, 6.07) is 12.6. The highest BCUT2D eigenvalue weighted by Gasteiger charge is 2.23. The second-order valence-electron chi connectivity index (χ2n) is 7.63. The molecule has 0 spiro atoms. The highest BCUT2D eigenvalue weighted by molar-refractivity contribution is 6.30.